The summed E-state index contributed by atoms with van der Waals surface area (Å²) in [7, 11) is -3.97. The van der Waals surface area contributed by atoms with E-state index in [4.69, 9.17) is 0 Å². The first kappa shape index (κ1) is 23.1. The molecular weight excluding hydrogens is 458 g/mol. The first-order valence-electron chi connectivity index (χ1n) is 10.3. The number of rotatable bonds is 8. The summed E-state index contributed by atoms with van der Waals surface area (Å²) < 4.78 is 27.2. The number of aliphatic carboxylic acids is 1. The number of fused-ring (bicyclic) bond motifs is 1. The van der Waals surface area contributed by atoms with Crippen LogP contribution in [0.5, 0.6) is 0 Å². The van der Waals surface area contributed by atoms with Gasteiger partial charge in [-0.3, -0.25) is 14.1 Å². The third kappa shape index (κ3) is 4.79. The van der Waals surface area contributed by atoms with Crippen LogP contribution in [-0.4, -0.2) is 51.8 Å². The van der Waals surface area contributed by atoms with Crippen molar-refractivity contribution < 1.29 is 18.3 Å². The van der Waals surface area contributed by atoms with E-state index in [0.29, 0.717) is 10.9 Å². The Hall–Kier alpha value is -4.12. The van der Waals surface area contributed by atoms with Crippen molar-refractivity contribution in [3.8, 4) is 11.1 Å². The second kappa shape index (κ2) is 9.40. The second-order valence-corrected chi connectivity index (χ2v) is 9.48. The van der Waals surface area contributed by atoms with E-state index in [1.165, 1.54) is 0 Å². The molecule has 2 aromatic carbocycles. The van der Waals surface area contributed by atoms with Gasteiger partial charge in [0.15, 0.2) is 0 Å². The number of sulfonamides is 1. The number of carbonyl (C=O) groups is 1. The lowest BCUT2D eigenvalue weighted by molar-refractivity contribution is -0.138. The molecule has 1 atom stereocenters. The Morgan fingerprint density at radius 1 is 1.06 bits per heavy atom. The summed E-state index contributed by atoms with van der Waals surface area (Å²) >= 11 is 0. The largest absolute Gasteiger partial charge is 0.480 e. The number of hydrogen-bond acceptors (Lipinski definition) is 7. The van der Waals surface area contributed by atoms with E-state index in [1.807, 2.05) is 6.07 Å². The number of nitrogens with zero attached hydrogens (tertiary/aromatic N) is 5. The molecule has 0 saturated heterocycles. The van der Waals surface area contributed by atoms with Crippen LogP contribution in [0.4, 0.5) is 5.69 Å². The van der Waals surface area contributed by atoms with E-state index in [1.54, 1.807) is 67.0 Å². The van der Waals surface area contributed by atoms with Gasteiger partial charge < -0.3 is 5.11 Å². The molecule has 0 bridgehead atoms. The Balaban J connectivity index is 1.64. The zero-order valence-electron chi connectivity index (χ0n) is 18.1. The SMILES string of the molecule is CS(=O)(=O)N(c1ccc(-c2cccnc2)cc1)C(CCn1nnc2ccccc2c1=O)C(=O)O. The van der Waals surface area contributed by atoms with E-state index >= 15 is 0 Å². The summed E-state index contributed by atoms with van der Waals surface area (Å²) in [5, 5.41) is 18.1. The Labute approximate surface area is 195 Å². The molecule has 2 heterocycles. The highest BCUT2D eigenvalue weighted by Gasteiger charge is 2.32. The number of pyridine rings is 1. The standard InChI is InChI=1S/C23H21N5O5S/c1-34(32,33)28(18-10-8-16(9-11-18)17-5-4-13-24-15-17)21(23(30)31)12-14-27-22(29)19-6-2-3-7-20(19)25-26-27/h2-11,13,15,21H,12,14H2,1H3,(H,30,31). The molecule has 0 amide bonds. The normalized spacial score (nSPS) is 12.4. The molecule has 0 spiro atoms. The quantitative estimate of drug-likeness (QED) is 0.406. The fraction of sp³-hybridized carbons (Fsp3) is 0.174. The highest BCUT2D eigenvalue weighted by Crippen LogP contribution is 2.26. The predicted octanol–water partition coefficient (Wildman–Crippen LogP) is 2.16. The molecule has 0 aliphatic carbocycles. The number of carboxylic acids is 1. The van der Waals surface area contributed by atoms with Crippen molar-refractivity contribution in [1.29, 1.82) is 0 Å². The van der Waals surface area contributed by atoms with Crippen LogP contribution in [0.3, 0.4) is 0 Å². The molecule has 0 fully saturated rings. The molecule has 11 heteroatoms. The van der Waals surface area contributed by atoms with Crippen LogP contribution in [0, 0.1) is 0 Å². The molecule has 0 aliphatic rings. The fourth-order valence-corrected chi connectivity index (χ4v) is 4.85. The van der Waals surface area contributed by atoms with Crippen LogP contribution in [0.2, 0.25) is 0 Å². The summed E-state index contributed by atoms with van der Waals surface area (Å²) in [6.07, 6.45) is 4.07. The first-order chi connectivity index (χ1) is 16.3. The average molecular weight is 480 g/mol. The minimum atomic E-state index is -3.97. The number of aryl methyl sites for hydroxylation is 1. The van der Waals surface area contributed by atoms with E-state index in [2.05, 4.69) is 15.3 Å². The van der Waals surface area contributed by atoms with Crippen LogP contribution in [0.25, 0.3) is 22.0 Å². The molecular formula is C23H21N5O5S. The molecule has 34 heavy (non-hydrogen) atoms. The fourth-order valence-electron chi connectivity index (χ4n) is 3.69. The summed E-state index contributed by atoms with van der Waals surface area (Å²) in [6, 6.07) is 15.3. The molecule has 1 unspecified atom stereocenters. The van der Waals surface area contributed by atoms with Crippen LogP contribution < -0.4 is 9.86 Å². The maximum atomic E-state index is 12.7. The monoisotopic (exact) mass is 479 g/mol. The van der Waals surface area contributed by atoms with Gasteiger partial charge in [-0.25, -0.2) is 17.9 Å². The second-order valence-electron chi connectivity index (χ2n) is 7.62. The predicted molar refractivity (Wildman–Crippen MR) is 127 cm³/mol. The van der Waals surface area contributed by atoms with Gasteiger partial charge in [0.1, 0.15) is 11.6 Å². The summed E-state index contributed by atoms with van der Waals surface area (Å²) in [5.74, 6) is -1.34. The molecule has 0 aliphatic heterocycles. The lowest BCUT2D eigenvalue weighted by atomic mass is 10.1. The Morgan fingerprint density at radius 3 is 2.44 bits per heavy atom. The van der Waals surface area contributed by atoms with Gasteiger partial charge in [-0.1, -0.05) is 35.5 Å². The summed E-state index contributed by atoms with van der Waals surface area (Å²) in [4.78, 5) is 28.9. The molecule has 4 rings (SSSR count). The van der Waals surface area contributed by atoms with Crippen molar-refractivity contribution in [2.24, 2.45) is 0 Å². The molecule has 2 aromatic heterocycles. The number of anilines is 1. The van der Waals surface area contributed by atoms with Crippen LogP contribution in [0.1, 0.15) is 6.42 Å². The van der Waals surface area contributed by atoms with Gasteiger partial charge in [-0.15, -0.1) is 5.10 Å². The highest BCUT2D eigenvalue weighted by atomic mass is 32.2. The van der Waals surface area contributed by atoms with Gasteiger partial charge in [0.05, 0.1) is 17.3 Å². The number of benzene rings is 2. The summed E-state index contributed by atoms with van der Waals surface area (Å²) in [5.41, 5.74) is 1.82. The van der Waals surface area contributed by atoms with Crippen molar-refractivity contribution in [1.82, 2.24) is 20.0 Å². The van der Waals surface area contributed by atoms with Gasteiger partial charge in [-0.05, 0) is 47.9 Å². The van der Waals surface area contributed by atoms with Gasteiger partial charge in [0.25, 0.3) is 5.56 Å². The smallest absolute Gasteiger partial charge is 0.327 e. The lowest BCUT2D eigenvalue weighted by Crippen LogP contribution is -2.46. The zero-order valence-corrected chi connectivity index (χ0v) is 19.0. The Morgan fingerprint density at radius 2 is 1.79 bits per heavy atom. The minimum Gasteiger partial charge on any atom is -0.480 e. The van der Waals surface area contributed by atoms with Crippen LogP contribution in [-0.2, 0) is 21.4 Å². The Bertz CT molecular complexity index is 1490. The van der Waals surface area contributed by atoms with Gasteiger partial charge in [0, 0.05) is 18.9 Å². The third-order valence-electron chi connectivity index (χ3n) is 5.29. The average Bonchev–Trinajstić information content (AvgIpc) is 2.83. The molecule has 174 valence electrons. The first-order valence-corrected chi connectivity index (χ1v) is 12.2. The van der Waals surface area contributed by atoms with E-state index in [-0.39, 0.29) is 18.7 Å². The van der Waals surface area contributed by atoms with Crippen molar-refractivity contribution in [2.45, 2.75) is 19.0 Å². The molecule has 0 radical (unpaired) electrons. The van der Waals surface area contributed by atoms with Crippen molar-refractivity contribution in [3.05, 3.63) is 83.4 Å². The van der Waals surface area contributed by atoms with Crippen molar-refractivity contribution in [3.63, 3.8) is 0 Å². The molecule has 0 saturated carbocycles. The topological polar surface area (TPSA) is 135 Å². The maximum absolute atomic E-state index is 12.7. The lowest BCUT2D eigenvalue weighted by Gasteiger charge is -2.29. The molecule has 1 N–H and O–H groups in total. The van der Waals surface area contributed by atoms with Crippen LogP contribution in [0.15, 0.2) is 77.9 Å². The van der Waals surface area contributed by atoms with Crippen LogP contribution >= 0.6 is 0 Å². The zero-order chi connectivity index (χ0) is 24.3. The van der Waals surface area contributed by atoms with Gasteiger partial charge in [-0.2, -0.15) is 0 Å². The Kier molecular flexibility index (Phi) is 6.37. The van der Waals surface area contributed by atoms with Crippen molar-refractivity contribution in [2.75, 3.05) is 10.6 Å². The van der Waals surface area contributed by atoms with Gasteiger partial charge in [0.2, 0.25) is 10.0 Å². The number of carboxylic acid groups (broad SMARTS) is 1. The maximum Gasteiger partial charge on any atom is 0.327 e. The van der Waals surface area contributed by atoms with Gasteiger partial charge >= 0.3 is 5.97 Å². The minimum absolute atomic E-state index is 0.132. The number of aromatic nitrogens is 4. The number of hydrogen-bond donors (Lipinski definition) is 1. The molecule has 4 aromatic rings. The van der Waals surface area contributed by atoms with Crippen molar-refractivity contribution >= 4 is 32.6 Å². The summed E-state index contributed by atoms with van der Waals surface area (Å²) in [6.45, 7) is -0.132. The van der Waals surface area contributed by atoms with E-state index in [9.17, 15) is 23.1 Å². The third-order valence-corrected chi connectivity index (χ3v) is 6.47. The van der Waals surface area contributed by atoms with E-state index in [0.717, 1.165) is 26.4 Å². The highest BCUT2D eigenvalue weighted by molar-refractivity contribution is 7.92. The van der Waals surface area contributed by atoms with E-state index < -0.39 is 27.6 Å². The molecule has 10 nitrogen and oxygen atoms in total.